The second-order valence-corrected chi connectivity index (χ2v) is 3.21. The average Bonchev–Trinajstić information content (AvgIpc) is 2.81. The Labute approximate surface area is 91.7 Å². The SMILES string of the molecule is CNC(=O)c1ccc(-n2ccnc2)cc1F. The lowest BCUT2D eigenvalue weighted by atomic mass is 10.2. The highest BCUT2D eigenvalue weighted by Gasteiger charge is 2.10. The summed E-state index contributed by atoms with van der Waals surface area (Å²) in [6, 6.07) is 4.41. The summed E-state index contributed by atoms with van der Waals surface area (Å²) in [5.41, 5.74) is 0.661. The fraction of sp³-hybridized carbons (Fsp3) is 0.0909. The monoisotopic (exact) mass is 219 g/mol. The highest BCUT2D eigenvalue weighted by Crippen LogP contribution is 2.13. The third kappa shape index (κ3) is 1.79. The number of benzene rings is 1. The number of carbonyl (C=O) groups excluding carboxylic acids is 1. The molecular weight excluding hydrogens is 209 g/mol. The minimum absolute atomic E-state index is 0.0337. The van der Waals surface area contributed by atoms with E-state index < -0.39 is 11.7 Å². The van der Waals surface area contributed by atoms with Gasteiger partial charge in [0.15, 0.2) is 0 Å². The number of nitrogens with one attached hydrogen (secondary N) is 1. The summed E-state index contributed by atoms with van der Waals surface area (Å²) < 4.78 is 15.2. The van der Waals surface area contributed by atoms with Crippen LogP contribution in [0.4, 0.5) is 4.39 Å². The smallest absolute Gasteiger partial charge is 0.253 e. The maximum atomic E-state index is 13.6. The van der Waals surface area contributed by atoms with Crippen molar-refractivity contribution >= 4 is 5.91 Å². The summed E-state index contributed by atoms with van der Waals surface area (Å²) in [7, 11) is 1.46. The highest BCUT2D eigenvalue weighted by molar-refractivity contribution is 5.94. The molecule has 0 spiro atoms. The zero-order chi connectivity index (χ0) is 11.5. The van der Waals surface area contributed by atoms with E-state index in [1.54, 1.807) is 29.4 Å². The van der Waals surface area contributed by atoms with E-state index in [4.69, 9.17) is 0 Å². The molecule has 16 heavy (non-hydrogen) atoms. The van der Waals surface area contributed by atoms with Crippen LogP contribution in [0, 0.1) is 5.82 Å². The third-order valence-electron chi connectivity index (χ3n) is 2.23. The molecule has 82 valence electrons. The molecule has 0 unspecified atom stereocenters. The Morgan fingerprint density at radius 1 is 1.50 bits per heavy atom. The molecule has 0 aliphatic heterocycles. The number of amides is 1. The van der Waals surface area contributed by atoms with E-state index in [2.05, 4.69) is 10.3 Å². The third-order valence-corrected chi connectivity index (χ3v) is 2.23. The number of hydrogen-bond donors (Lipinski definition) is 1. The van der Waals surface area contributed by atoms with Crippen molar-refractivity contribution in [1.82, 2.24) is 14.9 Å². The molecule has 1 aromatic heterocycles. The van der Waals surface area contributed by atoms with E-state index in [1.165, 1.54) is 19.2 Å². The van der Waals surface area contributed by atoms with Crippen LogP contribution in [0.5, 0.6) is 0 Å². The molecule has 0 bridgehead atoms. The molecule has 1 amide bonds. The van der Waals surface area contributed by atoms with Crippen molar-refractivity contribution in [3.63, 3.8) is 0 Å². The van der Waals surface area contributed by atoms with Crippen molar-refractivity contribution in [1.29, 1.82) is 0 Å². The summed E-state index contributed by atoms with van der Waals surface area (Å²) in [6.07, 6.45) is 4.87. The molecule has 1 heterocycles. The van der Waals surface area contributed by atoms with E-state index in [9.17, 15) is 9.18 Å². The first-order chi connectivity index (χ1) is 7.72. The van der Waals surface area contributed by atoms with Gasteiger partial charge in [0.05, 0.1) is 11.9 Å². The minimum Gasteiger partial charge on any atom is -0.355 e. The van der Waals surface area contributed by atoms with Gasteiger partial charge in [0.2, 0.25) is 0 Å². The first-order valence-corrected chi connectivity index (χ1v) is 4.72. The summed E-state index contributed by atoms with van der Waals surface area (Å²) >= 11 is 0. The van der Waals surface area contributed by atoms with Gasteiger partial charge >= 0.3 is 0 Å². The zero-order valence-electron chi connectivity index (χ0n) is 8.64. The maximum Gasteiger partial charge on any atom is 0.253 e. The van der Waals surface area contributed by atoms with Crippen LogP contribution in [0.15, 0.2) is 36.9 Å². The van der Waals surface area contributed by atoms with E-state index in [0.29, 0.717) is 5.69 Å². The van der Waals surface area contributed by atoms with Crippen molar-refractivity contribution in [2.75, 3.05) is 7.05 Å². The Morgan fingerprint density at radius 2 is 2.31 bits per heavy atom. The van der Waals surface area contributed by atoms with Crippen LogP contribution in [-0.4, -0.2) is 22.5 Å². The zero-order valence-corrected chi connectivity index (χ0v) is 8.64. The number of nitrogens with zero attached hydrogens (tertiary/aromatic N) is 2. The Morgan fingerprint density at radius 3 is 2.88 bits per heavy atom. The molecule has 2 rings (SSSR count). The molecule has 5 heteroatoms. The van der Waals surface area contributed by atoms with Crippen LogP contribution >= 0.6 is 0 Å². The van der Waals surface area contributed by atoms with Crippen LogP contribution in [0.1, 0.15) is 10.4 Å². The molecule has 1 aromatic carbocycles. The van der Waals surface area contributed by atoms with Gasteiger partial charge in [-0.3, -0.25) is 4.79 Å². The van der Waals surface area contributed by atoms with Gasteiger partial charge < -0.3 is 9.88 Å². The van der Waals surface area contributed by atoms with Crippen LogP contribution < -0.4 is 5.32 Å². The lowest BCUT2D eigenvalue weighted by molar-refractivity contribution is 0.0959. The van der Waals surface area contributed by atoms with Gasteiger partial charge in [-0.2, -0.15) is 0 Å². The highest BCUT2D eigenvalue weighted by atomic mass is 19.1. The molecule has 4 nitrogen and oxygen atoms in total. The summed E-state index contributed by atoms with van der Waals surface area (Å²) in [4.78, 5) is 15.1. The van der Waals surface area contributed by atoms with Crippen molar-refractivity contribution < 1.29 is 9.18 Å². The standard InChI is InChI=1S/C11H10FN3O/c1-13-11(16)9-3-2-8(6-10(9)12)15-5-4-14-7-15/h2-7H,1H3,(H,13,16). The number of imidazole rings is 1. The van der Waals surface area contributed by atoms with Crippen molar-refractivity contribution in [2.24, 2.45) is 0 Å². The number of aromatic nitrogens is 2. The Balaban J connectivity index is 2.41. The number of rotatable bonds is 2. The largest absolute Gasteiger partial charge is 0.355 e. The van der Waals surface area contributed by atoms with Gasteiger partial charge in [-0.1, -0.05) is 0 Å². The molecule has 0 fully saturated rings. The first-order valence-electron chi connectivity index (χ1n) is 4.72. The lowest BCUT2D eigenvalue weighted by Crippen LogP contribution is -2.19. The number of hydrogen-bond acceptors (Lipinski definition) is 2. The van der Waals surface area contributed by atoms with Gasteiger partial charge in [0.1, 0.15) is 5.82 Å². The summed E-state index contributed by atoms with van der Waals surface area (Å²) in [5, 5.41) is 2.38. The average molecular weight is 219 g/mol. The molecule has 0 saturated heterocycles. The molecule has 0 radical (unpaired) electrons. The second-order valence-electron chi connectivity index (χ2n) is 3.21. The van der Waals surface area contributed by atoms with Gasteiger partial charge in [0.25, 0.3) is 5.91 Å². The van der Waals surface area contributed by atoms with Crippen LogP contribution in [0.25, 0.3) is 5.69 Å². The topological polar surface area (TPSA) is 46.9 Å². The Hall–Kier alpha value is -2.17. The fourth-order valence-corrected chi connectivity index (χ4v) is 1.40. The molecule has 0 aliphatic rings. The number of halogens is 1. The first kappa shape index (κ1) is 10.4. The Kier molecular flexibility index (Phi) is 2.68. The summed E-state index contributed by atoms with van der Waals surface area (Å²) in [6.45, 7) is 0. The Bertz CT molecular complexity index is 508. The molecule has 1 N–H and O–H groups in total. The molecular formula is C11H10FN3O. The molecule has 2 aromatic rings. The summed E-state index contributed by atoms with van der Waals surface area (Å²) in [5.74, 6) is -0.986. The fourth-order valence-electron chi connectivity index (χ4n) is 1.40. The van der Waals surface area contributed by atoms with Crippen LogP contribution in [0.3, 0.4) is 0 Å². The van der Waals surface area contributed by atoms with E-state index in [0.717, 1.165) is 0 Å². The van der Waals surface area contributed by atoms with Crippen LogP contribution in [-0.2, 0) is 0 Å². The van der Waals surface area contributed by atoms with Crippen LogP contribution in [0.2, 0.25) is 0 Å². The normalized spacial score (nSPS) is 10.1. The van der Waals surface area contributed by atoms with Gasteiger partial charge in [0, 0.05) is 25.1 Å². The predicted octanol–water partition coefficient (Wildman–Crippen LogP) is 1.37. The lowest BCUT2D eigenvalue weighted by Gasteiger charge is -2.05. The second kappa shape index (κ2) is 4.14. The van der Waals surface area contributed by atoms with Gasteiger partial charge in [-0.25, -0.2) is 9.37 Å². The van der Waals surface area contributed by atoms with Crippen molar-refractivity contribution in [2.45, 2.75) is 0 Å². The minimum atomic E-state index is -0.550. The molecule has 0 saturated carbocycles. The number of carbonyl (C=O) groups is 1. The van der Waals surface area contributed by atoms with E-state index in [-0.39, 0.29) is 5.56 Å². The predicted molar refractivity (Wildman–Crippen MR) is 56.9 cm³/mol. The van der Waals surface area contributed by atoms with Gasteiger partial charge in [-0.15, -0.1) is 0 Å². The molecule has 0 aliphatic carbocycles. The van der Waals surface area contributed by atoms with Crippen molar-refractivity contribution in [3.8, 4) is 5.69 Å². The van der Waals surface area contributed by atoms with E-state index >= 15 is 0 Å². The van der Waals surface area contributed by atoms with Gasteiger partial charge in [-0.05, 0) is 18.2 Å². The maximum absolute atomic E-state index is 13.6. The molecule has 0 atom stereocenters. The van der Waals surface area contributed by atoms with Crippen molar-refractivity contribution in [3.05, 3.63) is 48.3 Å². The van der Waals surface area contributed by atoms with E-state index in [1.807, 2.05) is 0 Å². The quantitative estimate of drug-likeness (QED) is 0.829.